The predicted molar refractivity (Wildman–Crippen MR) is 150 cm³/mol. The normalized spacial score (nSPS) is 23.7. The highest BCUT2D eigenvalue weighted by Crippen LogP contribution is 2.41. The molecule has 3 aliphatic heterocycles. The van der Waals surface area contributed by atoms with Crippen molar-refractivity contribution in [1.29, 1.82) is 0 Å². The van der Waals surface area contributed by atoms with Gasteiger partial charge in [0.15, 0.2) is 0 Å². The first-order valence-corrected chi connectivity index (χ1v) is 15.4. The minimum absolute atomic E-state index is 0.319. The molecule has 3 nitrogen and oxygen atoms in total. The minimum Gasteiger partial charge on any atom is -0.492 e. The Morgan fingerprint density at radius 1 is 0.543 bits per heavy atom. The summed E-state index contributed by atoms with van der Waals surface area (Å²) in [5.74, 6) is 6.46. The van der Waals surface area contributed by atoms with E-state index in [4.69, 9.17) is 14.2 Å². The summed E-state index contributed by atoms with van der Waals surface area (Å²) in [7, 11) is 0. The second-order valence-corrected chi connectivity index (χ2v) is 13.5. The van der Waals surface area contributed by atoms with E-state index in [2.05, 4.69) is 79.7 Å². The number of rotatable bonds is 12. The van der Waals surface area contributed by atoms with Crippen LogP contribution in [0.5, 0.6) is 17.2 Å². The lowest BCUT2D eigenvalue weighted by atomic mass is 9.71. The molecule has 0 radical (unpaired) electrons. The van der Waals surface area contributed by atoms with E-state index in [9.17, 15) is 0 Å². The van der Waals surface area contributed by atoms with Gasteiger partial charge in [0.1, 0.15) is 37.1 Å². The van der Waals surface area contributed by atoms with Gasteiger partial charge in [0.25, 0.3) is 0 Å². The van der Waals surface area contributed by atoms with Crippen LogP contribution in [0.1, 0.15) is 23.6 Å². The maximum Gasteiger partial charge on any atom is 0.119 e. The first-order chi connectivity index (χ1) is 17.2. The van der Waals surface area contributed by atoms with Crippen LogP contribution in [-0.2, 0) is 5.41 Å². The minimum atomic E-state index is -0.319. The third-order valence-corrected chi connectivity index (χ3v) is 9.63. The Kier molecular flexibility index (Phi) is 6.87. The second-order valence-electron chi connectivity index (χ2n) is 9.50. The zero-order valence-electron chi connectivity index (χ0n) is 19.9. The van der Waals surface area contributed by atoms with E-state index in [1.165, 1.54) is 33.9 Å². The van der Waals surface area contributed by atoms with Crippen LogP contribution in [0.25, 0.3) is 0 Å². The van der Waals surface area contributed by atoms with Gasteiger partial charge in [-0.05, 0) is 60.0 Å². The average Bonchev–Trinajstić information content (AvgIpc) is 3.76. The molecule has 0 aliphatic carbocycles. The van der Waals surface area contributed by atoms with Crippen molar-refractivity contribution in [2.75, 3.05) is 37.1 Å². The molecule has 0 N–H and O–H groups in total. The number of benzene rings is 3. The topological polar surface area (TPSA) is 27.7 Å². The van der Waals surface area contributed by atoms with Crippen LogP contribution in [0.15, 0.2) is 72.8 Å². The standard InChI is InChI=1S/C29H30O3S3/c1-29(20-2-8-23(9-3-20)30-14-26-17-33-26,21-4-10-24(11-5-21)31-15-27-18-34-27)22-6-12-25(13-7-22)32-16-28-19-35-28/h2-13,26-28H,14-19H2,1H3. The van der Waals surface area contributed by atoms with Gasteiger partial charge in [-0.1, -0.05) is 36.4 Å². The third-order valence-electron chi connectivity index (χ3n) is 6.81. The molecule has 6 rings (SSSR count). The molecule has 0 aromatic heterocycles. The first kappa shape index (κ1) is 23.5. The lowest BCUT2D eigenvalue weighted by molar-refractivity contribution is 0.329. The van der Waals surface area contributed by atoms with Crippen LogP contribution in [0.3, 0.4) is 0 Å². The summed E-state index contributed by atoms with van der Waals surface area (Å²) in [6.07, 6.45) is 0. The monoisotopic (exact) mass is 522 g/mol. The van der Waals surface area contributed by atoms with E-state index in [1.807, 2.05) is 35.3 Å². The van der Waals surface area contributed by atoms with Crippen molar-refractivity contribution >= 4 is 35.3 Å². The Balaban J connectivity index is 1.26. The van der Waals surface area contributed by atoms with Crippen molar-refractivity contribution in [3.05, 3.63) is 89.5 Å². The largest absolute Gasteiger partial charge is 0.492 e. The zero-order chi connectivity index (χ0) is 23.7. The highest BCUT2D eigenvalue weighted by Gasteiger charge is 2.32. The lowest BCUT2D eigenvalue weighted by Crippen LogP contribution is -2.25. The van der Waals surface area contributed by atoms with E-state index < -0.39 is 0 Å². The van der Waals surface area contributed by atoms with Gasteiger partial charge in [-0.2, -0.15) is 35.3 Å². The average molecular weight is 523 g/mol. The van der Waals surface area contributed by atoms with Crippen LogP contribution < -0.4 is 14.2 Å². The summed E-state index contributed by atoms with van der Waals surface area (Å²) in [5.41, 5.74) is 3.38. The summed E-state index contributed by atoms with van der Waals surface area (Å²) in [5, 5.41) is 2.00. The zero-order valence-corrected chi connectivity index (χ0v) is 22.3. The summed E-state index contributed by atoms with van der Waals surface area (Å²) in [4.78, 5) is 0. The Morgan fingerprint density at radius 2 is 0.800 bits per heavy atom. The molecule has 0 amide bonds. The molecular weight excluding hydrogens is 493 g/mol. The van der Waals surface area contributed by atoms with Crippen LogP contribution in [0, 0.1) is 0 Å². The molecule has 3 atom stereocenters. The van der Waals surface area contributed by atoms with Crippen molar-refractivity contribution in [2.45, 2.75) is 28.1 Å². The second kappa shape index (κ2) is 10.2. The molecule has 3 unspecified atom stereocenters. The fraction of sp³-hybridized carbons (Fsp3) is 0.379. The van der Waals surface area contributed by atoms with Crippen LogP contribution in [0.2, 0.25) is 0 Å². The lowest BCUT2D eigenvalue weighted by Gasteiger charge is -2.32. The van der Waals surface area contributed by atoms with Gasteiger partial charge in [-0.3, -0.25) is 0 Å². The smallest absolute Gasteiger partial charge is 0.119 e. The summed E-state index contributed by atoms with van der Waals surface area (Å²) in [6.45, 7) is 4.69. The SMILES string of the molecule is CC(c1ccc(OCC2CS2)cc1)(c1ccc(OCC2CS2)cc1)c1ccc(OCC2CS2)cc1. The van der Waals surface area contributed by atoms with Crippen molar-refractivity contribution in [3.63, 3.8) is 0 Å². The molecule has 0 spiro atoms. The van der Waals surface area contributed by atoms with Crippen molar-refractivity contribution in [3.8, 4) is 17.2 Å². The molecule has 3 heterocycles. The van der Waals surface area contributed by atoms with Crippen molar-refractivity contribution in [2.24, 2.45) is 0 Å². The number of ether oxygens (including phenoxy) is 3. The van der Waals surface area contributed by atoms with Crippen LogP contribution >= 0.6 is 35.3 Å². The Hall–Kier alpha value is -1.89. The fourth-order valence-corrected chi connectivity index (χ4v) is 5.40. The van der Waals surface area contributed by atoms with Gasteiger partial charge < -0.3 is 14.2 Å². The van der Waals surface area contributed by atoms with E-state index in [1.54, 1.807) is 0 Å². The highest BCUT2D eigenvalue weighted by atomic mass is 32.2. The molecule has 0 bridgehead atoms. The quantitative estimate of drug-likeness (QED) is 0.199. The Bertz CT molecular complexity index is 975. The third kappa shape index (κ3) is 5.92. The maximum atomic E-state index is 5.99. The van der Waals surface area contributed by atoms with Gasteiger partial charge >= 0.3 is 0 Å². The molecule has 182 valence electrons. The van der Waals surface area contributed by atoms with Crippen molar-refractivity contribution in [1.82, 2.24) is 0 Å². The van der Waals surface area contributed by atoms with Gasteiger partial charge in [0, 0.05) is 38.4 Å². The molecule has 3 aliphatic rings. The highest BCUT2D eigenvalue weighted by molar-refractivity contribution is 8.07. The Morgan fingerprint density at radius 3 is 1.03 bits per heavy atom. The maximum absolute atomic E-state index is 5.99. The summed E-state index contributed by atoms with van der Waals surface area (Å²) < 4.78 is 18.0. The molecule has 3 saturated heterocycles. The molecule has 3 aromatic carbocycles. The van der Waals surface area contributed by atoms with Crippen molar-refractivity contribution < 1.29 is 14.2 Å². The molecule has 35 heavy (non-hydrogen) atoms. The predicted octanol–water partition coefficient (Wildman–Crippen LogP) is 6.52. The van der Waals surface area contributed by atoms with E-state index in [0.717, 1.165) is 37.1 Å². The van der Waals surface area contributed by atoms with E-state index in [0.29, 0.717) is 15.7 Å². The van der Waals surface area contributed by atoms with Gasteiger partial charge in [0.2, 0.25) is 0 Å². The summed E-state index contributed by atoms with van der Waals surface area (Å²) in [6, 6.07) is 25.9. The number of hydrogen-bond donors (Lipinski definition) is 0. The van der Waals surface area contributed by atoms with Crippen LogP contribution in [-0.4, -0.2) is 52.8 Å². The number of thioether (sulfide) groups is 3. The van der Waals surface area contributed by atoms with Crippen LogP contribution in [0.4, 0.5) is 0 Å². The molecule has 0 saturated carbocycles. The molecule has 6 heteroatoms. The van der Waals surface area contributed by atoms with Gasteiger partial charge in [-0.15, -0.1) is 0 Å². The molecule has 3 fully saturated rings. The fourth-order valence-electron chi connectivity index (χ4n) is 4.21. The van der Waals surface area contributed by atoms with Gasteiger partial charge in [0.05, 0.1) is 0 Å². The number of hydrogen-bond acceptors (Lipinski definition) is 6. The molecular formula is C29H30O3S3. The van der Waals surface area contributed by atoms with E-state index >= 15 is 0 Å². The molecule has 3 aromatic rings. The first-order valence-electron chi connectivity index (χ1n) is 12.2. The Labute approximate surface area is 220 Å². The van der Waals surface area contributed by atoms with E-state index in [-0.39, 0.29) is 5.41 Å². The van der Waals surface area contributed by atoms with Gasteiger partial charge in [-0.25, -0.2) is 0 Å². The summed E-state index contributed by atoms with van der Waals surface area (Å²) >= 11 is 5.88.